The predicted molar refractivity (Wildman–Crippen MR) is 135 cm³/mol. The number of likely N-dealkylation sites (N-methyl/N-ethyl adjacent to an activating group) is 1. The first kappa shape index (κ1) is 22.9. The van der Waals surface area contributed by atoms with Crippen LogP contribution in [0.1, 0.15) is 47.9 Å². The van der Waals surface area contributed by atoms with Crippen molar-refractivity contribution in [2.24, 2.45) is 4.99 Å². The molecule has 1 N–H and O–H groups in total. The van der Waals surface area contributed by atoms with Gasteiger partial charge in [0.05, 0.1) is 18.2 Å². The van der Waals surface area contributed by atoms with E-state index in [1.54, 1.807) is 12.4 Å². The van der Waals surface area contributed by atoms with E-state index in [4.69, 9.17) is 15.1 Å². The maximum absolute atomic E-state index is 8.96. The molecule has 2 aromatic carbocycles. The van der Waals surface area contributed by atoms with E-state index < -0.39 is 0 Å². The minimum absolute atomic E-state index is 0.187. The van der Waals surface area contributed by atoms with Gasteiger partial charge in [-0.2, -0.15) is 0 Å². The molecule has 1 aromatic heterocycles. The Kier molecular flexibility index (Phi) is 7.30. The van der Waals surface area contributed by atoms with Crippen LogP contribution in [0.2, 0.25) is 0 Å². The lowest BCUT2D eigenvalue weighted by molar-refractivity contribution is 0.306. The summed E-state index contributed by atoms with van der Waals surface area (Å²) in [6.07, 6.45) is 3.47. The average Bonchev–Trinajstić information content (AvgIpc) is 2.84. The maximum atomic E-state index is 8.96. The summed E-state index contributed by atoms with van der Waals surface area (Å²) in [5.74, 6) is 1.16. The van der Waals surface area contributed by atoms with Crippen molar-refractivity contribution in [3.63, 3.8) is 0 Å². The first-order valence-corrected chi connectivity index (χ1v) is 11.5. The highest BCUT2D eigenvalue weighted by Crippen LogP contribution is 2.27. The van der Waals surface area contributed by atoms with Crippen LogP contribution in [0.25, 0.3) is 0 Å². The van der Waals surface area contributed by atoms with Crippen molar-refractivity contribution < 1.29 is 4.74 Å². The van der Waals surface area contributed by atoms with Crippen LogP contribution in [0, 0.1) is 5.41 Å². The van der Waals surface area contributed by atoms with E-state index in [2.05, 4.69) is 67.2 Å². The van der Waals surface area contributed by atoms with Crippen molar-refractivity contribution in [2.75, 3.05) is 26.7 Å². The van der Waals surface area contributed by atoms with Crippen molar-refractivity contribution >= 4 is 11.4 Å². The molecule has 33 heavy (non-hydrogen) atoms. The van der Waals surface area contributed by atoms with Gasteiger partial charge in [-0.3, -0.25) is 14.9 Å². The molecule has 1 atom stereocenters. The molecule has 0 radical (unpaired) electrons. The number of aliphatic imine (C=N–C) groups is 1. The second-order valence-electron chi connectivity index (χ2n) is 8.95. The second kappa shape index (κ2) is 10.5. The Labute approximate surface area is 196 Å². The van der Waals surface area contributed by atoms with Crippen LogP contribution >= 0.6 is 0 Å². The maximum Gasteiger partial charge on any atom is 0.119 e. The summed E-state index contributed by atoms with van der Waals surface area (Å²) in [5, 5.41) is 8.96. The Morgan fingerprint density at radius 2 is 1.64 bits per heavy atom. The second-order valence-corrected chi connectivity index (χ2v) is 8.95. The number of aromatic nitrogens is 1. The molecule has 1 aliphatic heterocycles. The van der Waals surface area contributed by atoms with Gasteiger partial charge in [0, 0.05) is 31.2 Å². The quantitative estimate of drug-likeness (QED) is 0.482. The molecule has 5 heteroatoms. The minimum atomic E-state index is -0.187. The summed E-state index contributed by atoms with van der Waals surface area (Å²) in [5.41, 5.74) is 5.99. The van der Waals surface area contributed by atoms with Crippen LogP contribution in [-0.2, 0) is 6.61 Å². The van der Waals surface area contributed by atoms with Crippen LogP contribution in [0.5, 0.6) is 5.75 Å². The number of benzene rings is 2. The molecule has 5 nitrogen and oxygen atoms in total. The highest BCUT2D eigenvalue weighted by Gasteiger charge is 2.27. The molecule has 1 aliphatic rings. The molecule has 0 saturated carbocycles. The van der Waals surface area contributed by atoms with E-state index in [-0.39, 0.29) is 5.92 Å². The van der Waals surface area contributed by atoms with Crippen LogP contribution in [0.3, 0.4) is 0 Å². The smallest absolute Gasteiger partial charge is 0.119 e. The van der Waals surface area contributed by atoms with E-state index >= 15 is 0 Å². The average molecular weight is 441 g/mol. The van der Waals surface area contributed by atoms with E-state index in [0.717, 1.165) is 47.8 Å². The summed E-state index contributed by atoms with van der Waals surface area (Å²) in [7, 11) is 2.10. The summed E-state index contributed by atoms with van der Waals surface area (Å²) in [6.45, 7) is 7.41. The fourth-order valence-corrected chi connectivity index (χ4v) is 4.10. The van der Waals surface area contributed by atoms with Gasteiger partial charge in [-0.25, -0.2) is 0 Å². The van der Waals surface area contributed by atoms with E-state index in [0.29, 0.717) is 18.2 Å². The molecular weight excluding hydrogens is 408 g/mol. The predicted octanol–water partition coefficient (Wildman–Crippen LogP) is 5.32. The topological polar surface area (TPSA) is 61.6 Å². The Bertz CT molecular complexity index is 1090. The minimum Gasteiger partial charge on any atom is -0.489 e. The molecule has 0 aliphatic carbocycles. The van der Waals surface area contributed by atoms with E-state index in [9.17, 15) is 0 Å². The summed E-state index contributed by atoms with van der Waals surface area (Å²) >= 11 is 0. The first-order chi connectivity index (χ1) is 16.0. The van der Waals surface area contributed by atoms with Gasteiger partial charge in [-0.1, -0.05) is 50.2 Å². The van der Waals surface area contributed by atoms with Crippen LogP contribution in [-0.4, -0.2) is 48.0 Å². The Morgan fingerprint density at radius 1 is 0.970 bits per heavy atom. The third-order valence-electron chi connectivity index (χ3n) is 6.11. The van der Waals surface area contributed by atoms with Gasteiger partial charge in [0.1, 0.15) is 12.4 Å². The zero-order valence-corrected chi connectivity index (χ0v) is 19.7. The fraction of sp³-hybridized carbons (Fsp3) is 0.321. The number of nitrogens with one attached hydrogen (secondary N) is 1. The number of hydrogen-bond acceptors (Lipinski definition) is 5. The highest BCUT2D eigenvalue weighted by atomic mass is 16.5. The van der Waals surface area contributed by atoms with Crippen LogP contribution in [0.4, 0.5) is 0 Å². The molecular formula is C28H32N4O. The molecule has 0 fully saturated rings. The lowest BCUT2D eigenvalue weighted by atomic mass is 9.85. The summed E-state index contributed by atoms with van der Waals surface area (Å²) in [6, 6.07) is 20.5. The number of pyridine rings is 1. The monoisotopic (exact) mass is 440 g/mol. The number of rotatable bonds is 8. The van der Waals surface area contributed by atoms with Crippen molar-refractivity contribution in [3.05, 3.63) is 95.3 Å². The molecule has 170 valence electrons. The Balaban J connectivity index is 1.51. The molecule has 0 saturated heterocycles. The number of ether oxygens (including phenoxy) is 1. The van der Waals surface area contributed by atoms with Crippen molar-refractivity contribution in [3.8, 4) is 5.75 Å². The molecule has 3 aromatic rings. The first-order valence-electron chi connectivity index (χ1n) is 11.5. The van der Waals surface area contributed by atoms with E-state index in [1.165, 1.54) is 5.56 Å². The van der Waals surface area contributed by atoms with Crippen molar-refractivity contribution in [2.45, 2.75) is 32.3 Å². The third-order valence-corrected chi connectivity index (χ3v) is 6.11. The number of nitrogens with zero attached hydrogens (tertiary/aromatic N) is 3. The van der Waals surface area contributed by atoms with Gasteiger partial charge in [0.15, 0.2) is 0 Å². The highest BCUT2D eigenvalue weighted by molar-refractivity contribution is 6.18. The SMILES string of the molecule is CC(C)c1ccc(COc2ccc(C(C(=N)c3ccncc3)C3=NCCN(C)C3)cc2)cc1. The zero-order valence-electron chi connectivity index (χ0n) is 19.7. The molecule has 0 bridgehead atoms. The molecule has 2 heterocycles. The largest absolute Gasteiger partial charge is 0.489 e. The van der Waals surface area contributed by atoms with Crippen LogP contribution < -0.4 is 4.74 Å². The molecule has 0 spiro atoms. The zero-order chi connectivity index (χ0) is 23.2. The lowest BCUT2D eigenvalue weighted by Gasteiger charge is -2.28. The fourth-order valence-electron chi connectivity index (χ4n) is 4.10. The standard InChI is InChI=1S/C28H32N4O/c1-20(2)22-6-4-21(5-7-22)19-33-25-10-8-23(9-11-25)27(26-18-32(3)17-16-31-26)28(29)24-12-14-30-15-13-24/h4-15,20,27,29H,16-19H2,1-3H3. The van der Waals surface area contributed by atoms with Gasteiger partial charge in [0.25, 0.3) is 0 Å². The summed E-state index contributed by atoms with van der Waals surface area (Å²) in [4.78, 5) is 11.2. The summed E-state index contributed by atoms with van der Waals surface area (Å²) < 4.78 is 6.03. The van der Waals surface area contributed by atoms with Crippen molar-refractivity contribution in [1.29, 1.82) is 5.41 Å². The molecule has 0 amide bonds. The van der Waals surface area contributed by atoms with Gasteiger partial charge < -0.3 is 10.1 Å². The van der Waals surface area contributed by atoms with E-state index in [1.807, 2.05) is 24.3 Å². The Morgan fingerprint density at radius 3 is 2.27 bits per heavy atom. The molecule has 1 unspecified atom stereocenters. The van der Waals surface area contributed by atoms with Gasteiger partial charge in [-0.05, 0) is 59.5 Å². The van der Waals surface area contributed by atoms with Gasteiger partial charge >= 0.3 is 0 Å². The molecule has 4 rings (SSSR count). The normalized spacial score (nSPS) is 15.2. The lowest BCUT2D eigenvalue weighted by Crippen LogP contribution is -2.38. The van der Waals surface area contributed by atoms with Crippen LogP contribution in [0.15, 0.2) is 78.0 Å². The Hall–Kier alpha value is -3.31. The number of hydrogen-bond donors (Lipinski definition) is 1. The van der Waals surface area contributed by atoms with Gasteiger partial charge in [0.2, 0.25) is 0 Å². The van der Waals surface area contributed by atoms with Crippen molar-refractivity contribution in [1.82, 2.24) is 9.88 Å². The van der Waals surface area contributed by atoms with Gasteiger partial charge in [-0.15, -0.1) is 0 Å². The third kappa shape index (κ3) is 5.74.